The summed E-state index contributed by atoms with van der Waals surface area (Å²) >= 11 is 0. The Morgan fingerprint density at radius 3 is 2.64 bits per heavy atom. The van der Waals surface area contributed by atoms with Crippen LogP contribution in [0.1, 0.15) is 30.9 Å². The molecule has 1 aromatic carbocycles. The maximum absolute atomic E-state index is 12.6. The average molecular weight is 342 g/mol. The van der Waals surface area contributed by atoms with Gasteiger partial charge in [-0.05, 0) is 30.5 Å². The highest BCUT2D eigenvalue weighted by molar-refractivity contribution is 5.99. The van der Waals surface area contributed by atoms with E-state index >= 15 is 0 Å². The highest BCUT2D eigenvalue weighted by atomic mass is 16.5. The molecule has 1 atom stereocenters. The van der Waals surface area contributed by atoms with Gasteiger partial charge in [0.05, 0.1) is 14.2 Å². The fourth-order valence-electron chi connectivity index (χ4n) is 3.48. The number of nitrogens with one attached hydrogen (secondary N) is 1. The number of fused-ring (bicyclic) bond motifs is 1. The molecule has 0 amide bonds. The van der Waals surface area contributed by atoms with E-state index in [4.69, 9.17) is 9.47 Å². The maximum atomic E-state index is 12.6. The number of ether oxygens (including phenoxy) is 2. The van der Waals surface area contributed by atoms with Crippen LogP contribution in [-0.2, 0) is 4.79 Å². The summed E-state index contributed by atoms with van der Waals surface area (Å²) in [6, 6.07) is 2.96. The predicted molar refractivity (Wildman–Crippen MR) is 88.9 cm³/mol. The zero-order valence-corrected chi connectivity index (χ0v) is 13.9. The highest BCUT2D eigenvalue weighted by Crippen LogP contribution is 2.44. The summed E-state index contributed by atoms with van der Waals surface area (Å²) in [6.45, 7) is 0. The van der Waals surface area contributed by atoms with Crippen LogP contribution >= 0.6 is 0 Å². The lowest BCUT2D eigenvalue weighted by molar-refractivity contribution is -0.116. The molecule has 0 spiro atoms. The third-order valence-corrected chi connectivity index (χ3v) is 4.63. The fourth-order valence-corrected chi connectivity index (χ4v) is 3.48. The molecule has 0 unspecified atom stereocenters. The number of nitrogens with zero attached hydrogens (tertiary/aromatic N) is 3. The Labute approximate surface area is 144 Å². The van der Waals surface area contributed by atoms with Crippen molar-refractivity contribution in [1.29, 1.82) is 0 Å². The Morgan fingerprint density at radius 1 is 1.24 bits per heavy atom. The Morgan fingerprint density at radius 2 is 1.96 bits per heavy atom. The molecule has 1 aliphatic heterocycles. The first-order chi connectivity index (χ1) is 12.1. The zero-order chi connectivity index (χ0) is 17.6. The van der Waals surface area contributed by atoms with Gasteiger partial charge in [-0.25, -0.2) is 4.68 Å². The Bertz CT molecular complexity index is 862. The summed E-state index contributed by atoms with van der Waals surface area (Å²) in [5.41, 5.74) is 2.30. The average Bonchev–Trinajstić information content (AvgIpc) is 3.08. The van der Waals surface area contributed by atoms with E-state index in [1.165, 1.54) is 20.5 Å². The second kappa shape index (κ2) is 5.80. The summed E-state index contributed by atoms with van der Waals surface area (Å²) in [6.07, 6.45) is 3.56. The minimum Gasteiger partial charge on any atom is -0.502 e. The van der Waals surface area contributed by atoms with E-state index in [1.807, 2.05) is 0 Å². The number of hydrogen-bond acceptors (Lipinski definition) is 7. The molecule has 0 saturated heterocycles. The van der Waals surface area contributed by atoms with Crippen molar-refractivity contribution < 1.29 is 19.4 Å². The second-order valence-electron chi connectivity index (χ2n) is 6.00. The van der Waals surface area contributed by atoms with E-state index < -0.39 is 6.04 Å². The summed E-state index contributed by atoms with van der Waals surface area (Å²) in [5.74, 6) is 1.15. The van der Waals surface area contributed by atoms with Crippen LogP contribution in [0, 0.1) is 0 Å². The van der Waals surface area contributed by atoms with E-state index in [0.29, 0.717) is 17.9 Å². The number of carbonyl (C=O) groups excluding carboxylic acids is 1. The van der Waals surface area contributed by atoms with Crippen LogP contribution in [-0.4, -0.2) is 39.9 Å². The summed E-state index contributed by atoms with van der Waals surface area (Å²) < 4.78 is 12.2. The molecule has 0 saturated carbocycles. The van der Waals surface area contributed by atoms with Gasteiger partial charge in [-0.3, -0.25) is 4.79 Å². The van der Waals surface area contributed by atoms with Crippen molar-refractivity contribution in [2.24, 2.45) is 0 Å². The number of phenols is 1. The number of aromatic nitrogens is 3. The second-order valence-corrected chi connectivity index (χ2v) is 6.00. The minimum atomic E-state index is -0.440. The molecule has 2 heterocycles. The number of ketones is 1. The summed E-state index contributed by atoms with van der Waals surface area (Å²) in [7, 11) is 2.94. The van der Waals surface area contributed by atoms with Crippen LogP contribution in [0.2, 0.25) is 0 Å². The third-order valence-electron chi connectivity index (χ3n) is 4.63. The molecule has 2 aliphatic rings. The topological polar surface area (TPSA) is 98.5 Å². The van der Waals surface area contributed by atoms with Crippen LogP contribution in [0.15, 0.2) is 29.7 Å². The van der Waals surface area contributed by atoms with Crippen LogP contribution < -0.4 is 14.8 Å². The maximum Gasteiger partial charge on any atom is 0.226 e. The van der Waals surface area contributed by atoms with E-state index in [2.05, 4.69) is 15.4 Å². The smallest absolute Gasteiger partial charge is 0.226 e. The number of methoxy groups -OCH3 is 2. The lowest BCUT2D eigenvalue weighted by atomic mass is 9.85. The number of rotatable bonds is 3. The predicted octanol–water partition coefficient (Wildman–Crippen LogP) is 2.02. The summed E-state index contributed by atoms with van der Waals surface area (Å²) in [5, 5.41) is 17.7. The van der Waals surface area contributed by atoms with Crippen molar-refractivity contribution in [1.82, 2.24) is 14.8 Å². The van der Waals surface area contributed by atoms with Gasteiger partial charge in [-0.1, -0.05) is 0 Å². The molecule has 8 nitrogen and oxygen atoms in total. The molecule has 25 heavy (non-hydrogen) atoms. The number of allylic oxidation sites excluding steroid dienone is 2. The van der Waals surface area contributed by atoms with Gasteiger partial charge >= 0.3 is 0 Å². The number of anilines is 1. The number of benzene rings is 1. The van der Waals surface area contributed by atoms with Crippen LogP contribution in [0.4, 0.5) is 5.95 Å². The molecule has 2 N–H and O–H groups in total. The number of aromatic hydroxyl groups is 1. The van der Waals surface area contributed by atoms with Crippen molar-refractivity contribution in [3.63, 3.8) is 0 Å². The highest BCUT2D eigenvalue weighted by Gasteiger charge is 2.36. The molecule has 0 bridgehead atoms. The number of hydrogen-bond donors (Lipinski definition) is 2. The fraction of sp³-hybridized carbons (Fsp3) is 0.353. The number of phenolic OH excluding ortho intramolecular Hbond substituents is 1. The quantitative estimate of drug-likeness (QED) is 0.880. The molecular weight excluding hydrogens is 324 g/mol. The van der Waals surface area contributed by atoms with E-state index in [9.17, 15) is 9.90 Å². The molecule has 2 aromatic rings. The van der Waals surface area contributed by atoms with Gasteiger partial charge in [0.25, 0.3) is 0 Å². The van der Waals surface area contributed by atoms with Crippen LogP contribution in [0.3, 0.4) is 0 Å². The van der Waals surface area contributed by atoms with E-state index in [0.717, 1.165) is 24.1 Å². The van der Waals surface area contributed by atoms with Crippen molar-refractivity contribution in [2.45, 2.75) is 25.3 Å². The van der Waals surface area contributed by atoms with Gasteiger partial charge in [-0.2, -0.15) is 10.1 Å². The SMILES string of the molecule is COc1cc([C@H]2C3=C(CCCC3=O)Nc3ncnn32)cc(OC)c1O. The standard InChI is InChI=1S/C17H18N4O4/c1-24-12-6-9(7-13(25-2)16(12)23)15-14-10(4-3-5-11(14)22)20-17-18-8-19-21(15)17/h6-8,15,23H,3-5H2,1-2H3,(H,18,19,20)/t15-/m0/s1. The Kier molecular flexibility index (Phi) is 3.60. The molecule has 1 aromatic heterocycles. The van der Waals surface area contributed by atoms with Crippen LogP contribution in [0.5, 0.6) is 17.2 Å². The van der Waals surface area contributed by atoms with E-state index in [-0.39, 0.29) is 23.0 Å². The molecule has 0 radical (unpaired) electrons. The molecule has 0 fully saturated rings. The first-order valence-corrected chi connectivity index (χ1v) is 8.01. The lowest BCUT2D eigenvalue weighted by Crippen LogP contribution is -2.31. The Hall–Kier alpha value is -3.03. The lowest BCUT2D eigenvalue weighted by Gasteiger charge is -2.32. The van der Waals surface area contributed by atoms with Gasteiger partial charge in [0.2, 0.25) is 11.7 Å². The summed E-state index contributed by atoms with van der Waals surface area (Å²) in [4.78, 5) is 16.9. The van der Waals surface area contributed by atoms with Crippen molar-refractivity contribution in [3.05, 3.63) is 35.3 Å². The number of carbonyl (C=O) groups is 1. The minimum absolute atomic E-state index is 0.0781. The largest absolute Gasteiger partial charge is 0.502 e. The third kappa shape index (κ3) is 2.33. The molecular formula is C17H18N4O4. The molecule has 1 aliphatic carbocycles. The van der Waals surface area contributed by atoms with Gasteiger partial charge < -0.3 is 19.9 Å². The first kappa shape index (κ1) is 15.5. The van der Waals surface area contributed by atoms with Crippen LogP contribution in [0.25, 0.3) is 0 Å². The van der Waals surface area contributed by atoms with Gasteiger partial charge in [0.15, 0.2) is 17.3 Å². The van der Waals surface area contributed by atoms with E-state index in [1.54, 1.807) is 16.8 Å². The van der Waals surface area contributed by atoms with Gasteiger partial charge in [-0.15, -0.1) is 0 Å². The van der Waals surface area contributed by atoms with Crippen molar-refractivity contribution in [2.75, 3.05) is 19.5 Å². The molecule has 4 rings (SSSR count). The zero-order valence-electron chi connectivity index (χ0n) is 13.9. The molecule has 8 heteroatoms. The number of Topliss-reactive ketones (excluding diaryl/α,β-unsaturated/α-hetero) is 1. The normalized spacial score (nSPS) is 19.1. The van der Waals surface area contributed by atoms with Crippen molar-refractivity contribution >= 4 is 11.7 Å². The first-order valence-electron chi connectivity index (χ1n) is 8.01. The molecule has 130 valence electrons. The van der Waals surface area contributed by atoms with Gasteiger partial charge in [0.1, 0.15) is 12.4 Å². The monoisotopic (exact) mass is 342 g/mol. The Balaban J connectivity index is 1.94. The van der Waals surface area contributed by atoms with Gasteiger partial charge in [0, 0.05) is 17.7 Å². The van der Waals surface area contributed by atoms with Crippen molar-refractivity contribution in [3.8, 4) is 17.2 Å².